The first-order valence-electron chi connectivity index (χ1n) is 12.9. The van der Waals surface area contributed by atoms with Gasteiger partial charge in [0.2, 0.25) is 5.91 Å². The lowest BCUT2D eigenvalue weighted by Crippen LogP contribution is -2.47. The Labute approximate surface area is 212 Å². The summed E-state index contributed by atoms with van der Waals surface area (Å²) in [7, 11) is 0. The number of likely N-dealkylation sites (tertiary alicyclic amines) is 2. The van der Waals surface area contributed by atoms with Crippen LogP contribution in [-0.4, -0.2) is 66.5 Å². The number of hydrogen-bond acceptors (Lipinski definition) is 4. The van der Waals surface area contributed by atoms with Gasteiger partial charge in [0.25, 0.3) is 5.91 Å². The SMILES string of the molecule is O=C(NC(Cc1ccc(OC2CC2)c(Cl)c1)CN1CCCC1)C1CCN(C(=O)c2ccccc2)C1. The molecule has 0 spiro atoms. The average molecular weight is 496 g/mol. The van der Waals surface area contributed by atoms with Crippen LogP contribution in [0, 0.1) is 5.92 Å². The van der Waals surface area contributed by atoms with Gasteiger partial charge in [0, 0.05) is 31.2 Å². The molecule has 2 aliphatic heterocycles. The van der Waals surface area contributed by atoms with Crippen molar-refractivity contribution in [2.75, 3.05) is 32.7 Å². The molecule has 2 amide bonds. The summed E-state index contributed by atoms with van der Waals surface area (Å²) in [5, 5.41) is 3.95. The van der Waals surface area contributed by atoms with Crippen molar-refractivity contribution in [2.24, 2.45) is 5.92 Å². The van der Waals surface area contributed by atoms with Crippen LogP contribution in [0.3, 0.4) is 0 Å². The summed E-state index contributed by atoms with van der Waals surface area (Å²) in [6.07, 6.45) is 6.32. The Morgan fingerprint density at radius 3 is 2.51 bits per heavy atom. The van der Waals surface area contributed by atoms with Gasteiger partial charge in [-0.05, 0) is 81.4 Å². The Morgan fingerprint density at radius 1 is 1.03 bits per heavy atom. The van der Waals surface area contributed by atoms with E-state index in [2.05, 4.69) is 16.3 Å². The summed E-state index contributed by atoms with van der Waals surface area (Å²) in [6, 6.07) is 15.3. The van der Waals surface area contributed by atoms with Crippen molar-refractivity contribution in [1.82, 2.24) is 15.1 Å². The van der Waals surface area contributed by atoms with E-state index >= 15 is 0 Å². The number of nitrogens with one attached hydrogen (secondary N) is 1. The maximum atomic E-state index is 13.3. The minimum absolute atomic E-state index is 0.00216. The van der Waals surface area contributed by atoms with Crippen molar-refractivity contribution in [3.8, 4) is 5.75 Å². The second-order valence-electron chi connectivity index (χ2n) is 10.1. The number of benzene rings is 2. The minimum Gasteiger partial charge on any atom is -0.489 e. The van der Waals surface area contributed by atoms with Gasteiger partial charge in [-0.25, -0.2) is 0 Å². The van der Waals surface area contributed by atoms with Gasteiger partial charge in [-0.1, -0.05) is 35.9 Å². The van der Waals surface area contributed by atoms with Crippen molar-refractivity contribution < 1.29 is 14.3 Å². The largest absolute Gasteiger partial charge is 0.489 e. The lowest BCUT2D eigenvalue weighted by Gasteiger charge is -2.26. The molecule has 2 heterocycles. The maximum absolute atomic E-state index is 13.3. The molecule has 2 aromatic rings. The first-order chi connectivity index (χ1) is 17.0. The van der Waals surface area contributed by atoms with Crippen molar-refractivity contribution in [3.05, 3.63) is 64.7 Å². The summed E-state index contributed by atoms with van der Waals surface area (Å²) in [6.45, 7) is 4.05. The normalized spacial score (nSPS) is 21.2. The Morgan fingerprint density at radius 2 is 1.80 bits per heavy atom. The number of halogens is 1. The summed E-state index contributed by atoms with van der Waals surface area (Å²) >= 11 is 6.50. The molecule has 2 atom stereocenters. The zero-order valence-electron chi connectivity index (χ0n) is 20.1. The Hall–Kier alpha value is -2.57. The second kappa shape index (κ2) is 11.0. The minimum atomic E-state index is -0.179. The van der Waals surface area contributed by atoms with Crippen LogP contribution in [0.4, 0.5) is 0 Å². The smallest absolute Gasteiger partial charge is 0.253 e. The van der Waals surface area contributed by atoms with Crippen LogP contribution < -0.4 is 10.1 Å². The van der Waals surface area contributed by atoms with Crippen LogP contribution in [0.2, 0.25) is 5.02 Å². The molecule has 7 heteroatoms. The molecule has 3 aliphatic rings. The number of nitrogens with zero attached hydrogens (tertiary/aromatic N) is 2. The zero-order chi connectivity index (χ0) is 24.2. The maximum Gasteiger partial charge on any atom is 0.253 e. The first kappa shape index (κ1) is 24.1. The molecule has 1 aliphatic carbocycles. The van der Waals surface area contributed by atoms with Crippen molar-refractivity contribution in [1.29, 1.82) is 0 Å². The Kier molecular flexibility index (Phi) is 7.59. The van der Waals surface area contributed by atoms with E-state index in [9.17, 15) is 9.59 Å². The van der Waals surface area contributed by atoms with E-state index in [4.69, 9.17) is 16.3 Å². The topological polar surface area (TPSA) is 61.9 Å². The van der Waals surface area contributed by atoms with Gasteiger partial charge >= 0.3 is 0 Å². The molecule has 1 saturated carbocycles. The summed E-state index contributed by atoms with van der Waals surface area (Å²) in [5.41, 5.74) is 1.77. The van der Waals surface area contributed by atoms with Crippen molar-refractivity contribution >= 4 is 23.4 Å². The van der Waals surface area contributed by atoms with Gasteiger partial charge in [0.15, 0.2) is 0 Å². The fourth-order valence-corrected chi connectivity index (χ4v) is 5.34. The molecule has 2 aromatic carbocycles. The van der Waals surface area contributed by atoms with Gasteiger partial charge in [-0.3, -0.25) is 9.59 Å². The highest BCUT2D eigenvalue weighted by molar-refractivity contribution is 6.32. The fraction of sp³-hybridized carbons (Fsp3) is 0.500. The monoisotopic (exact) mass is 495 g/mol. The third kappa shape index (κ3) is 6.36. The predicted molar refractivity (Wildman–Crippen MR) is 137 cm³/mol. The predicted octanol–water partition coefficient (Wildman–Crippen LogP) is 4.17. The third-order valence-electron chi connectivity index (χ3n) is 7.19. The molecule has 2 saturated heterocycles. The number of rotatable bonds is 9. The molecule has 6 nitrogen and oxygen atoms in total. The Bertz CT molecular complexity index is 1040. The molecule has 2 unspecified atom stereocenters. The number of carbonyl (C=O) groups is 2. The highest BCUT2D eigenvalue weighted by Gasteiger charge is 2.33. The molecule has 186 valence electrons. The van der Waals surface area contributed by atoms with Crippen LogP contribution in [-0.2, 0) is 11.2 Å². The average Bonchev–Trinajstić information content (AvgIpc) is 3.30. The number of amides is 2. The molecular weight excluding hydrogens is 462 g/mol. The van der Waals surface area contributed by atoms with Crippen molar-refractivity contribution in [3.63, 3.8) is 0 Å². The molecule has 3 fully saturated rings. The van der Waals surface area contributed by atoms with Crippen LogP contribution in [0.5, 0.6) is 5.75 Å². The van der Waals surface area contributed by atoms with Crippen LogP contribution in [0.1, 0.15) is 48.0 Å². The molecule has 0 aromatic heterocycles. The number of ether oxygens (including phenoxy) is 1. The zero-order valence-corrected chi connectivity index (χ0v) is 20.9. The third-order valence-corrected chi connectivity index (χ3v) is 7.48. The lowest BCUT2D eigenvalue weighted by atomic mass is 10.0. The highest BCUT2D eigenvalue weighted by Crippen LogP contribution is 2.32. The summed E-state index contributed by atoms with van der Waals surface area (Å²) in [4.78, 5) is 30.3. The molecule has 0 bridgehead atoms. The standard InChI is InChI=1S/C28H34ClN3O3/c29-25-17-20(8-11-26(25)35-24-9-10-24)16-23(19-31-13-4-5-14-31)30-27(33)22-12-15-32(18-22)28(34)21-6-2-1-3-7-21/h1-3,6-8,11,17,22-24H,4-5,9-10,12-16,18-19H2,(H,30,33). The first-order valence-corrected chi connectivity index (χ1v) is 13.2. The number of hydrogen-bond donors (Lipinski definition) is 1. The molecule has 1 N–H and O–H groups in total. The van der Waals surface area contributed by atoms with Gasteiger partial charge in [-0.15, -0.1) is 0 Å². The van der Waals surface area contributed by atoms with Gasteiger partial charge in [0.05, 0.1) is 17.0 Å². The van der Waals surface area contributed by atoms with Crippen LogP contribution in [0.15, 0.2) is 48.5 Å². The Balaban J connectivity index is 1.21. The fourth-order valence-electron chi connectivity index (χ4n) is 5.10. The van der Waals surface area contributed by atoms with E-state index < -0.39 is 0 Å². The second-order valence-corrected chi connectivity index (χ2v) is 10.5. The van der Waals surface area contributed by atoms with E-state index in [0.29, 0.717) is 42.6 Å². The molecular formula is C28H34ClN3O3. The van der Waals surface area contributed by atoms with E-state index in [1.165, 1.54) is 12.8 Å². The van der Waals surface area contributed by atoms with E-state index in [1.54, 1.807) is 4.90 Å². The summed E-state index contributed by atoms with van der Waals surface area (Å²) < 4.78 is 5.87. The van der Waals surface area contributed by atoms with Gasteiger partial charge in [-0.2, -0.15) is 0 Å². The molecule has 0 radical (unpaired) electrons. The van der Waals surface area contributed by atoms with E-state index in [-0.39, 0.29) is 23.8 Å². The van der Waals surface area contributed by atoms with Crippen LogP contribution >= 0.6 is 11.6 Å². The highest BCUT2D eigenvalue weighted by atomic mass is 35.5. The molecule has 5 rings (SSSR count). The van der Waals surface area contributed by atoms with E-state index in [0.717, 1.165) is 43.8 Å². The van der Waals surface area contributed by atoms with Gasteiger partial charge < -0.3 is 19.9 Å². The van der Waals surface area contributed by atoms with Crippen molar-refractivity contribution in [2.45, 2.75) is 50.7 Å². The van der Waals surface area contributed by atoms with Crippen LogP contribution in [0.25, 0.3) is 0 Å². The summed E-state index contributed by atoms with van der Waals surface area (Å²) in [5.74, 6) is 0.601. The van der Waals surface area contributed by atoms with Gasteiger partial charge in [0.1, 0.15) is 5.75 Å². The van der Waals surface area contributed by atoms with E-state index in [1.807, 2.05) is 42.5 Å². The quantitative estimate of drug-likeness (QED) is 0.567. The number of carbonyl (C=O) groups excluding carboxylic acids is 2. The molecule has 35 heavy (non-hydrogen) atoms. The lowest BCUT2D eigenvalue weighted by molar-refractivity contribution is -0.125.